The molecule has 0 aliphatic rings. The molecule has 0 saturated heterocycles. The van der Waals surface area contributed by atoms with Crippen molar-refractivity contribution >= 4 is 5.91 Å². The Morgan fingerprint density at radius 1 is 1.47 bits per heavy atom. The first-order chi connectivity index (χ1) is 7.09. The highest BCUT2D eigenvalue weighted by atomic mass is 16.1. The van der Waals surface area contributed by atoms with Crippen molar-refractivity contribution in [1.82, 2.24) is 4.98 Å². The highest BCUT2D eigenvalue weighted by Gasteiger charge is 2.01. The van der Waals surface area contributed by atoms with Gasteiger partial charge in [0.2, 0.25) is 5.91 Å². The van der Waals surface area contributed by atoms with Crippen LogP contribution in [0.5, 0.6) is 0 Å². The van der Waals surface area contributed by atoms with E-state index in [1.807, 2.05) is 26.0 Å². The molecule has 0 fully saturated rings. The van der Waals surface area contributed by atoms with E-state index in [-0.39, 0.29) is 13.8 Å². The van der Waals surface area contributed by atoms with E-state index in [4.69, 9.17) is 5.73 Å². The van der Waals surface area contributed by atoms with Gasteiger partial charge in [0.05, 0.1) is 6.42 Å². The fourth-order valence-electron chi connectivity index (χ4n) is 1.06. The second-order valence-corrected chi connectivity index (χ2v) is 3.38. The largest absolute Gasteiger partial charge is 0.369 e. The molecule has 0 aliphatic carbocycles. The van der Waals surface area contributed by atoms with E-state index in [0.29, 0.717) is 5.92 Å². The number of amides is 1. The van der Waals surface area contributed by atoms with Gasteiger partial charge in [-0.15, -0.1) is 0 Å². The van der Waals surface area contributed by atoms with Crippen molar-refractivity contribution in [3.63, 3.8) is 0 Å². The van der Waals surface area contributed by atoms with E-state index >= 15 is 0 Å². The summed E-state index contributed by atoms with van der Waals surface area (Å²) >= 11 is 0. The van der Waals surface area contributed by atoms with Crippen LogP contribution in [-0.4, -0.2) is 10.9 Å². The second kappa shape index (κ2) is 6.98. The van der Waals surface area contributed by atoms with Crippen molar-refractivity contribution in [2.24, 2.45) is 5.73 Å². The van der Waals surface area contributed by atoms with E-state index in [9.17, 15) is 4.79 Å². The number of carbonyl (C=O) groups is 1. The van der Waals surface area contributed by atoms with Crippen LogP contribution in [0.25, 0.3) is 0 Å². The van der Waals surface area contributed by atoms with E-state index in [2.05, 4.69) is 18.8 Å². The minimum atomic E-state index is -0.343. The third kappa shape index (κ3) is 5.15. The zero-order chi connectivity index (χ0) is 11.8. The van der Waals surface area contributed by atoms with E-state index in [0.717, 1.165) is 5.69 Å². The standard InChI is InChI=1S/C10H14N2O.C2H6.H2/c1-7(2)8-3-4-9(12-6-8)5-10(11)13;1-2;/h3-4,6-7H,5H2,1-2H3,(H2,11,13);1-2H3;1H. The van der Waals surface area contributed by atoms with Crippen LogP contribution >= 0.6 is 0 Å². The molecule has 0 atom stereocenters. The number of primary amides is 1. The summed E-state index contributed by atoms with van der Waals surface area (Å²) in [6, 6.07) is 3.83. The lowest BCUT2D eigenvalue weighted by Gasteiger charge is -2.04. The summed E-state index contributed by atoms with van der Waals surface area (Å²) in [5, 5.41) is 0. The molecule has 1 rings (SSSR count). The predicted molar refractivity (Wildman–Crippen MR) is 64.7 cm³/mol. The van der Waals surface area contributed by atoms with Gasteiger partial charge in [0, 0.05) is 13.3 Å². The molecule has 3 heteroatoms. The molecule has 1 amide bonds. The molecule has 1 heterocycles. The van der Waals surface area contributed by atoms with Gasteiger partial charge in [0.15, 0.2) is 0 Å². The monoisotopic (exact) mass is 210 g/mol. The van der Waals surface area contributed by atoms with Gasteiger partial charge in [-0.05, 0) is 17.5 Å². The Labute approximate surface area is 93.2 Å². The molecule has 0 spiro atoms. The number of carbonyl (C=O) groups excluding carboxylic acids is 1. The van der Waals surface area contributed by atoms with Crippen molar-refractivity contribution in [3.8, 4) is 0 Å². The van der Waals surface area contributed by atoms with Crippen LogP contribution in [0, 0.1) is 0 Å². The number of hydrogen-bond donors (Lipinski definition) is 1. The number of rotatable bonds is 3. The highest BCUT2D eigenvalue weighted by molar-refractivity contribution is 5.76. The molecule has 3 nitrogen and oxygen atoms in total. The summed E-state index contributed by atoms with van der Waals surface area (Å²) in [7, 11) is 0. The van der Waals surface area contributed by atoms with Gasteiger partial charge in [-0.2, -0.15) is 0 Å². The van der Waals surface area contributed by atoms with Crippen molar-refractivity contribution in [3.05, 3.63) is 29.6 Å². The van der Waals surface area contributed by atoms with Gasteiger partial charge >= 0.3 is 0 Å². The molecule has 1 aromatic rings. The topological polar surface area (TPSA) is 56.0 Å². The first-order valence-corrected chi connectivity index (χ1v) is 5.32. The van der Waals surface area contributed by atoms with Gasteiger partial charge in [0.1, 0.15) is 0 Å². The number of nitrogens with two attached hydrogens (primary N) is 1. The normalized spacial score (nSPS) is 9.40. The minimum Gasteiger partial charge on any atom is -0.369 e. The molecular formula is C12H22N2O. The molecule has 0 unspecified atom stereocenters. The zero-order valence-corrected chi connectivity index (χ0v) is 9.95. The van der Waals surface area contributed by atoms with Crippen molar-refractivity contribution in [1.29, 1.82) is 0 Å². The van der Waals surface area contributed by atoms with Crippen molar-refractivity contribution in [2.75, 3.05) is 0 Å². The number of nitrogens with zero attached hydrogens (tertiary/aromatic N) is 1. The summed E-state index contributed by atoms with van der Waals surface area (Å²) in [5.41, 5.74) is 6.95. The lowest BCUT2D eigenvalue weighted by atomic mass is 10.1. The predicted octanol–water partition coefficient (Wildman–Crippen LogP) is 2.50. The molecule has 0 saturated carbocycles. The summed E-state index contributed by atoms with van der Waals surface area (Å²) in [5.74, 6) is 0.125. The Morgan fingerprint density at radius 3 is 2.40 bits per heavy atom. The number of hydrogen-bond acceptors (Lipinski definition) is 2. The summed E-state index contributed by atoms with van der Waals surface area (Å²) < 4.78 is 0. The van der Waals surface area contributed by atoms with E-state index in [1.54, 1.807) is 6.20 Å². The first kappa shape index (κ1) is 13.6. The smallest absolute Gasteiger partial charge is 0.223 e. The molecule has 1 aromatic heterocycles. The lowest BCUT2D eigenvalue weighted by molar-refractivity contribution is -0.117. The van der Waals surface area contributed by atoms with Gasteiger partial charge in [0.25, 0.3) is 0 Å². The zero-order valence-electron chi connectivity index (χ0n) is 9.95. The summed E-state index contributed by atoms with van der Waals surface area (Å²) in [4.78, 5) is 14.7. The molecule has 2 N–H and O–H groups in total. The Morgan fingerprint density at radius 2 is 2.07 bits per heavy atom. The Kier molecular flexibility index (Phi) is 6.34. The average Bonchev–Trinajstić information content (AvgIpc) is 2.20. The van der Waals surface area contributed by atoms with E-state index < -0.39 is 0 Å². The second-order valence-electron chi connectivity index (χ2n) is 3.38. The van der Waals surface area contributed by atoms with Crippen LogP contribution in [0.3, 0.4) is 0 Å². The quantitative estimate of drug-likeness (QED) is 0.833. The Hall–Kier alpha value is -1.38. The summed E-state index contributed by atoms with van der Waals surface area (Å²) in [6.45, 7) is 8.20. The fourth-order valence-corrected chi connectivity index (χ4v) is 1.06. The van der Waals surface area contributed by atoms with Gasteiger partial charge in [-0.1, -0.05) is 33.8 Å². The van der Waals surface area contributed by atoms with Crippen molar-refractivity contribution < 1.29 is 6.22 Å². The van der Waals surface area contributed by atoms with Crippen LogP contribution in [0.1, 0.15) is 46.3 Å². The Balaban J connectivity index is 0. The minimum absolute atomic E-state index is 0. The van der Waals surface area contributed by atoms with Gasteiger partial charge in [-0.25, -0.2) is 0 Å². The average molecular weight is 210 g/mol. The van der Waals surface area contributed by atoms with Crippen LogP contribution < -0.4 is 5.73 Å². The SMILES string of the molecule is CC.CC(C)c1ccc(CC(N)=O)nc1.[HH]. The molecule has 86 valence electrons. The highest BCUT2D eigenvalue weighted by Crippen LogP contribution is 2.12. The fraction of sp³-hybridized carbons (Fsp3) is 0.500. The maximum Gasteiger partial charge on any atom is 0.223 e. The van der Waals surface area contributed by atoms with Crippen LogP contribution in [0.4, 0.5) is 0 Å². The van der Waals surface area contributed by atoms with Gasteiger partial charge in [-0.3, -0.25) is 9.78 Å². The maximum atomic E-state index is 10.6. The van der Waals surface area contributed by atoms with Crippen LogP contribution in [0.15, 0.2) is 18.3 Å². The van der Waals surface area contributed by atoms with Crippen LogP contribution in [0.2, 0.25) is 0 Å². The molecule has 0 radical (unpaired) electrons. The molecule has 15 heavy (non-hydrogen) atoms. The van der Waals surface area contributed by atoms with Crippen LogP contribution in [-0.2, 0) is 11.2 Å². The van der Waals surface area contributed by atoms with Gasteiger partial charge < -0.3 is 5.73 Å². The summed E-state index contributed by atoms with van der Waals surface area (Å²) in [6.07, 6.45) is 2.02. The first-order valence-electron chi connectivity index (χ1n) is 5.32. The third-order valence-electron chi connectivity index (χ3n) is 1.87. The number of pyridine rings is 1. The molecule has 0 bridgehead atoms. The lowest BCUT2D eigenvalue weighted by Crippen LogP contribution is -2.14. The molecular weight excluding hydrogens is 188 g/mol. The third-order valence-corrected chi connectivity index (χ3v) is 1.87. The Bertz CT molecular complexity index is 296. The maximum absolute atomic E-state index is 10.6. The number of aromatic nitrogens is 1. The molecule has 0 aromatic carbocycles. The van der Waals surface area contributed by atoms with E-state index in [1.165, 1.54) is 5.56 Å². The molecule has 0 aliphatic heterocycles. The van der Waals surface area contributed by atoms with Crippen molar-refractivity contribution in [2.45, 2.75) is 40.0 Å².